The molecule has 0 fully saturated rings. The Hall–Kier alpha value is -3.81. The van der Waals surface area contributed by atoms with Gasteiger partial charge in [0, 0.05) is 23.3 Å². The predicted molar refractivity (Wildman–Crippen MR) is 108 cm³/mol. The molecule has 0 spiro atoms. The van der Waals surface area contributed by atoms with E-state index >= 15 is 0 Å². The van der Waals surface area contributed by atoms with Gasteiger partial charge in [-0.1, -0.05) is 12.1 Å². The Morgan fingerprint density at radius 1 is 1.00 bits per heavy atom. The average molecular weight is 405 g/mol. The fourth-order valence-electron chi connectivity index (χ4n) is 3.34. The van der Waals surface area contributed by atoms with Gasteiger partial charge in [0.05, 0.1) is 17.7 Å². The molecule has 0 unspecified atom stereocenters. The third kappa shape index (κ3) is 3.26. The third-order valence-electron chi connectivity index (χ3n) is 4.63. The molecular weight excluding hydrogens is 386 g/mol. The highest BCUT2D eigenvalue weighted by Crippen LogP contribution is 2.25. The van der Waals surface area contributed by atoms with Crippen molar-refractivity contribution in [2.75, 3.05) is 6.54 Å². The van der Waals surface area contributed by atoms with E-state index < -0.39 is 35.8 Å². The molecular formula is C22H19N3O5. The lowest BCUT2D eigenvalue weighted by Crippen LogP contribution is -2.34. The summed E-state index contributed by atoms with van der Waals surface area (Å²) in [6.45, 7) is 4.77. The standard InChI is InChI=1S/C22H19N3O5/c1-22(2,3)30-21(29)24-11-16(13-9-6-10-23-18(13)24)17(26)12-25-19(27)14-7-4-5-8-15(14)20(25)28/h4-11H,12H2,1-3H3. The summed E-state index contributed by atoms with van der Waals surface area (Å²) >= 11 is 0. The minimum Gasteiger partial charge on any atom is -0.443 e. The number of nitrogens with zero attached hydrogens (tertiary/aromatic N) is 3. The molecule has 3 aromatic rings. The van der Waals surface area contributed by atoms with Crippen LogP contribution < -0.4 is 0 Å². The van der Waals surface area contributed by atoms with E-state index in [1.807, 2.05) is 0 Å². The summed E-state index contributed by atoms with van der Waals surface area (Å²) in [5, 5.41) is 0.435. The number of carbonyl (C=O) groups excluding carboxylic acids is 4. The first-order chi connectivity index (χ1) is 14.2. The number of aromatic nitrogens is 2. The number of hydrogen-bond donors (Lipinski definition) is 0. The van der Waals surface area contributed by atoms with Crippen molar-refractivity contribution < 1.29 is 23.9 Å². The van der Waals surface area contributed by atoms with Gasteiger partial charge in [-0.25, -0.2) is 14.3 Å². The van der Waals surface area contributed by atoms with Gasteiger partial charge in [0.1, 0.15) is 11.2 Å². The summed E-state index contributed by atoms with van der Waals surface area (Å²) in [5.74, 6) is -1.51. The number of rotatable bonds is 3. The quantitative estimate of drug-likeness (QED) is 0.490. The molecule has 0 saturated carbocycles. The molecule has 3 heterocycles. The number of imide groups is 1. The average Bonchev–Trinajstić information content (AvgIpc) is 3.19. The third-order valence-corrected chi connectivity index (χ3v) is 4.63. The largest absolute Gasteiger partial charge is 0.443 e. The van der Waals surface area contributed by atoms with E-state index in [9.17, 15) is 19.2 Å². The zero-order chi connectivity index (χ0) is 21.6. The van der Waals surface area contributed by atoms with Crippen molar-refractivity contribution in [3.05, 3.63) is 65.5 Å². The van der Waals surface area contributed by atoms with Crippen molar-refractivity contribution >= 4 is 34.7 Å². The lowest BCUT2D eigenvalue weighted by atomic mass is 10.1. The number of pyridine rings is 1. The van der Waals surface area contributed by atoms with Crippen LogP contribution in [0, 0.1) is 0 Å². The van der Waals surface area contributed by atoms with Crippen LogP contribution in [0.25, 0.3) is 11.0 Å². The van der Waals surface area contributed by atoms with E-state index in [4.69, 9.17) is 4.74 Å². The first kappa shape index (κ1) is 19.5. The molecule has 2 aromatic heterocycles. The van der Waals surface area contributed by atoms with Gasteiger partial charge in [-0.15, -0.1) is 0 Å². The van der Waals surface area contributed by atoms with Crippen LogP contribution in [-0.2, 0) is 4.74 Å². The number of Topliss-reactive ketones (excluding diaryl/α,β-unsaturated/α-hetero) is 1. The molecule has 0 radical (unpaired) electrons. The number of ether oxygens (including phenoxy) is 1. The second kappa shape index (κ2) is 6.91. The molecule has 1 aromatic carbocycles. The van der Waals surface area contributed by atoms with Crippen LogP contribution in [0.15, 0.2) is 48.8 Å². The van der Waals surface area contributed by atoms with E-state index in [2.05, 4.69) is 4.98 Å². The van der Waals surface area contributed by atoms with Gasteiger partial charge in [0.2, 0.25) is 0 Å². The number of ketones is 1. The molecule has 0 aliphatic carbocycles. The zero-order valence-electron chi connectivity index (χ0n) is 16.7. The van der Waals surface area contributed by atoms with E-state index in [1.165, 1.54) is 12.4 Å². The maximum Gasteiger partial charge on any atom is 0.420 e. The molecule has 30 heavy (non-hydrogen) atoms. The van der Waals surface area contributed by atoms with Gasteiger partial charge in [0.25, 0.3) is 11.8 Å². The van der Waals surface area contributed by atoms with Gasteiger partial charge in [-0.3, -0.25) is 19.3 Å². The molecule has 0 N–H and O–H groups in total. The smallest absolute Gasteiger partial charge is 0.420 e. The van der Waals surface area contributed by atoms with Gasteiger partial charge in [-0.2, -0.15) is 0 Å². The molecule has 8 nitrogen and oxygen atoms in total. The maximum atomic E-state index is 13.0. The minimum atomic E-state index is -0.729. The normalized spacial score (nSPS) is 13.6. The summed E-state index contributed by atoms with van der Waals surface area (Å²) in [5.41, 5.74) is 0.256. The number of benzene rings is 1. The Bertz CT molecular complexity index is 1180. The van der Waals surface area contributed by atoms with Gasteiger partial charge >= 0.3 is 6.09 Å². The number of carbonyl (C=O) groups is 4. The highest BCUT2D eigenvalue weighted by Gasteiger charge is 2.37. The van der Waals surface area contributed by atoms with Gasteiger partial charge in [0.15, 0.2) is 5.78 Å². The van der Waals surface area contributed by atoms with Crippen LogP contribution in [0.1, 0.15) is 51.8 Å². The van der Waals surface area contributed by atoms with Crippen LogP contribution in [-0.4, -0.2) is 50.3 Å². The van der Waals surface area contributed by atoms with Crippen LogP contribution >= 0.6 is 0 Å². The number of amides is 2. The Morgan fingerprint density at radius 3 is 2.23 bits per heavy atom. The molecule has 0 atom stereocenters. The van der Waals surface area contributed by atoms with Crippen molar-refractivity contribution in [3.8, 4) is 0 Å². The zero-order valence-corrected chi connectivity index (χ0v) is 16.7. The van der Waals surface area contributed by atoms with E-state index in [0.29, 0.717) is 5.39 Å². The lowest BCUT2D eigenvalue weighted by Gasteiger charge is -2.19. The van der Waals surface area contributed by atoms with Crippen molar-refractivity contribution in [2.24, 2.45) is 0 Å². The Morgan fingerprint density at radius 2 is 1.63 bits per heavy atom. The van der Waals surface area contributed by atoms with Crippen molar-refractivity contribution in [1.29, 1.82) is 0 Å². The van der Waals surface area contributed by atoms with Crippen molar-refractivity contribution in [3.63, 3.8) is 0 Å². The van der Waals surface area contributed by atoms with Crippen molar-refractivity contribution in [2.45, 2.75) is 26.4 Å². The minimum absolute atomic E-state index is 0.181. The lowest BCUT2D eigenvalue weighted by molar-refractivity contribution is 0.0541. The predicted octanol–water partition coefficient (Wildman–Crippen LogP) is 3.30. The molecule has 4 rings (SSSR count). The van der Waals surface area contributed by atoms with Crippen LogP contribution in [0.5, 0.6) is 0 Å². The monoisotopic (exact) mass is 405 g/mol. The van der Waals surface area contributed by atoms with Crippen LogP contribution in [0.2, 0.25) is 0 Å². The molecule has 8 heteroatoms. The molecule has 152 valence electrons. The Kier molecular flexibility index (Phi) is 4.49. The van der Waals surface area contributed by atoms with Gasteiger partial charge in [-0.05, 0) is 45.0 Å². The van der Waals surface area contributed by atoms with Crippen molar-refractivity contribution in [1.82, 2.24) is 14.5 Å². The highest BCUT2D eigenvalue weighted by molar-refractivity contribution is 6.23. The summed E-state index contributed by atoms with van der Waals surface area (Å²) in [4.78, 5) is 55.9. The van der Waals surface area contributed by atoms with Crippen LogP contribution in [0.4, 0.5) is 4.79 Å². The SMILES string of the molecule is CC(C)(C)OC(=O)n1cc(C(=O)CN2C(=O)c3ccccc3C2=O)c2cccnc21. The number of hydrogen-bond acceptors (Lipinski definition) is 6. The molecule has 1 aliphatic heterocycles. The Balaban J connectivity index is 1.67. The van der Waals surface area contributed by atoms with E-state index in [-0.39, 0.29) is 22.3 Å². The first-order valence-electron chi connectivity index (χ1n) is 9.35. The second-order valence-corrected chi connectivity index (χ2v) is 7.93. The first-order valence-corrected chi connectivity index (χ1v) is 9.35. The highest BCUT2D eigenvalue weighted by atomic mass is 16.6. The molecule has 1 aliphatic rings. The molecule has 2 amide bonds. The Labute approximate surface area is 172 Å². The number of fused-ring (bicyclic) bond motifs is 2. The fraction of sp³-hybridized carbons (Fsp3) is 0.227. The fourth-order valence-corrected chi connectivity index (χ4v) is 3.34. The van der Waals surface area contributed by atoms with E-state index in [1.54, 1.807) is 57.2 Å². The second-order valence-electron chi connectivity index (χ2n) is 7.93. The van der Waals surface area contributed by atoms with Crippen LogP contribution in [0.3, 0.4) is 0 Å². The topological polar surface area (TPSA) is 98.6 Å². The maximum absolute atomic E-state index is 13.0. The molecule has 0 bridgehead atoms. The summed E-state index contributed by atoms with van der Waals surface area (Å²) in [6, 6.07) is 9.72. The summed E-state index contributed by atoms with van der Waals surface area (Å²) in [6.07, 6.45) is 2.17. The van der Waals surface area contributed by atoms with E-state index in [0.717, 1.165) is 9.47 Å². The molecule has 0 saturated heterocycles. The summed E-state index contributed by atoms with van der Waals surface area (Å²) < 4.78 is 6.55. The van der Waals surface area contributed by atoms with Gasteiger partial charge < -0.3 is 4.74 Å². The summed E-state index contributed by atoms with van der Waals surface area (Å²) in [7, 11) is 0.